The van der Waals surface area contributed by atoms with Gasteiger partial charge in [0.05, 0.1) is 0 Å². The van der Waals surface area contributed by atoms with Gasteiger partial charge in [-0.2, -0.15) is 0 Å². The lowest BCUT2D eigenvalue weighted by Gasteiger charge is -2.03. The van der Waals surface area contributed by atoms with Crippen LogP contribution in [-0.2, 0) is 0 Å². The van der Waals surface area contributed by atoms with E-state index in [0.29, 0.717) is 5.82 Å². The molecule has 0 saturated carbocycles. The van der Waals surface area contributed by atoms with Crippen LogP contribution < -0.4 is 11.1 Å². The van der Waals surface area contributed by atoms with Crippen LogP contribution in [0, 0.1) is 5.41 Å². The minimum Gasteiger partial charge on any atom is -0.385 e. The van der Waals surface area contributed by atoms with E-state index in [9.17, 15) is 0 Å². The first kappa shape index (κ1) is 8.33. The SMILES string of the molecule is N=C/C=C(/N)Nc1ccccc1. The molecule has 1 aromatic carbocycles. The Labute approximate surface area is 71.4 Å². The second-order valence-electron chi connectivity index (χ2n) is 2.28. The normalized spacial score (nSPS) is 10.8. The highest BCUT2D eigenvalue weighted by atomic mass is 15.0. The molecule has 0 heterocycles. The van der Waals surface area contributed by atoms with E-state index < -0.39 is 0 Å². The average Bonchev–Trinajstić information content (AvgIpc) is 2.06. The summed E-state index contributed by atoms with van der Waals surface area (Å²) < 4.78 is 0. The second kappa shape index (κ2) is 4.18. The topological polar surface area (TPSA) is 61.9 Å². The van der Waals surface area contributed by atoms with E-state index in [4.69, 9.17) is 11.1 Å². The fourth-order valence-electron chi connectivity index (χ4n) is 0.820. The predicted molar refractivity (Wildman–Crippen MR) is 51.1 cm³/mol. The summed E-state index contributed by atoms with van der Waals surface area (Å²) in [5.41, 5.74) is 6.44. The molecule has 0 unspecified atom stereocenters. The van der Waals surface area contributed by atoms with E-state index in [2.05, 4.69) is 5.32 Å². The Morgan fingerprint density at radius 3 is 2.58 bits per heavy atom. The van der Waals surface area contributed by atoms with E-state index in [-0.39, 0.29) is 0 Å². The lowest BCUT2D eigenvalue weighted by atomic mass is 10.3. The van der Waals surface area contributed by atoms with Gasteiger partial charge in [-0.3, -0.25) is 0 Å². The molecule has 0 aliphatic rings. The molecule has 4 N–H and O–H groups in total. The number of allylic oxidation sites excluding steroid dienone is 1. The van der Waals surface area contributed by atoms with Crippen LogP contribution in [-0.4, -0.2) is 6.21 Å². The van der Waals surface area contributed by atoms with Gasteiger partial charge in [-0.25, -0.2) is 0 Å². The van der Waals surface area contributed by atoms with E-state index in [1.807, 2.05) is 30.3 Å². The van der Waals surface area contributed by atoms with Crippen LogP contribution in [0.1, 0.15) is 0 Å². The summed E-state index contributed by atoms with van der Waals surface area (Å²) in [5.74, 6) is 0.469. The van der Waals surface area contributed by atoms with E-state index >= 15 is 0 Å². The molecule has 3 heteroatoms. The van der Waals surface area contributed by atoms with Crippen molar-refractivity contribution in [3.8, 4) is 0 Å². The standard InChI is InChI=1S/C9H11N3/c10-7-6-9(11)12-8-4-2-1-3-5-8/h1-7,10,12H,11H2/b9-6-,10-7?. The van der Waals surface area contributed by atoms with Gasteiger partial charge in [-0.1, -0.05) is 18.2 Å². The van der Waals surface area contributed by atoms with E-state index in [1.165, 1.54) is 6.08 Å². The third kappa shape index (κ3) is 2.46. The minimum absolute atomic E-state index is 0.469. The smallest absolute Gasteiger partial charge is 0.102 e. The summed E-state index contributed by atoms with van der Waals surface area (Å²) in [7, 11) is 0. The number of nitrogens with one attached hydrogen (secondary N) is 2. The van der Waals surface area contributed by atoms with Gasteiger partial charge in [0.2, 0.25) is 0 Å². The Hall–Kier alpha value is -1.77. The summed E-state index contributed by atoms with van der Waals surface area (Å²) in [6.45, 7) is 0. The summed E-state index contributed by atoms with van der Waals surface area (Å²) in [6.07, 6.45) is 2.64. The van der Waals surface area contributed by atoms with Gasteiger partial charge in [0.25, 0.3) is 0 Å². The number of hydrogen-bond acceptors (Lipinski definition) is 3. The van der Waals surface area contributed by atoms with Crippen molar-refractivity contribution in [2.24, 2.45) is 5.73 Å². The highest BCUT2D eigenvalue weighted by Gasteiger charge is 1.88. The third-order valence-electron chi connectivity index (χ3n) is 1.33. The van der Waals surface area contributed by atoms with Gasteiger partial charge in [-0.05, 0) is 18.2 Å². The summed E-state index contributed by atoms with van der Waals surface area (Å²) in [4.78, 5) is 0. The van der Waals surface area contributed by atoms with E-state index in [0.717, 1.165) is 11.9 Å². The number of benzene rings is 1. The van der Waals surface area contributed by atoms with Gasteiger partial charge in [0.1, 0.15) is 5.82 Å². The highest BCUT2D eigenvalue weighted by Crippen LogP contribution is 2.05. The van der Waals surface area contributed by atoms with Crippen LogP contribution in [0.15, 0.2) is 42.2 Å². The van der Waals surface area contributed by atoms with Crippen molar-refractivity contribution in [1.82, 2.24) is 0 Å². The lowest BCUT2D eigenvalue weighted by molar-refractivity contribution is 1.32. The maximum atomic E-state index is 6.78. The first-order valence-electron chi connectivity index (χ1n) is 3.61. The quantitative estimate of drug-likeness (QED) is 0.589. The molecule has 0 fully saturated rings. The molecule has 62 valence electrons. The maximum absolute atomic E-state index is 6.78. The van der Waals surface area contributed by atoms with Crippen LogP contribution in [0.4, 0.5) is 5.69 Å². The molecule has 0 bridgehead atoms. The van der Waals surface area contributed by atoms with Gasteiger partial charge < -0.3 is 16.5 Å². The number of hydrogen-bond donors (Lipinski definition) is 3. The number of rotatable bonds is 3. The highest BCUT2D eigenvalue weighted by molar-refractivity contribution is 5.70. The molecule has 0 atom stereocenters. The van der Waals surface area contributed by atoms with Crippen LogP contribution in [0.5, 0.6) is 0 Å². The molecule has 0 aromatic heterocycles. The second-order valence-corrected chi connectivity index (χ2v) is 2.28. The van der Waals surface area contributed by atoms with Gasteiger partial charge in [0, 0.05) is 11.9 Å². The Morgan fingerprint density at radius 2 is 2.00 bits per heavy atom. The largest absolute Gasteiger partial charge is 0.385 e. The Bertz CT molecular complexity index is 277. The molecule has 0 saturated heterocycles. The van der Waals surface area contributed by atoms with Crippen molar-refractivity contribution < 1.29 is 0 Å². The van der Waals surface area contributed by atoms with Crippen molar-refractivity contribution in [3.63, 3.8) is 0 Å². The van der Waals surface area contributed by atoms with Crippen LogP contribution in [0.3, 0.4) is 0 Å². The van der Waals surface area contributed by atoms with Gasteiger partial charge >= 0.3 is 0 Å². The first-order chi connectivity index (χ1) is 5.83. The number of anilines is 1. The number of nitrogens with two attached hydrogens (primary N) is 1. The molecule has 1 aromatic rings. The van der Waals surface area contributed by atoms with Crippen molar-refractivity contribution in [1.29, 1.82) is 5.41 Å². The molecule has 12 heavy (non-hydrogen) atoms. The van der Waals surface area contributed by atoms with Crippen molar-refractivity contribution in [2.75, 3.05) is 5.32 Å². The molecule has 0 radical (unpaired) electrons. The third-order valence-corrected chi connectivity index (χ3v) is 1.33. The van der Waals surface area contributed by atoms with Crippen LogP contribution >= 0.6 is 0 Å². The van der Waals surface area contributed by atoms with Crippen LogP contribution in [0.2, 0.25) is 0 Å². The zero-order chi connectivity index (χ0) is 8.81. The summed E-state index contributed by atoms with van der Waals surface area (Å²) in [5, 5.41) is 9.71. The Balaban J connectivity index is 2.64. The van der Waals surface area contributed by atoms with Gasteiger partial charge in [0.15, 0.2) is 0 Å². The first-order valence-corrected chi connectivity index (χ1v) is 3.61. The van der Waals surface area contributed by atoms with Crippen molar-refractivity contribution in [3.05, 3.63) is 42.2 Å². The minimum atomic E-state index is 0.469. The maximum Gasteiger partial charge on any atom is 0.102 e. The molecular weight excluding hydrogens is 150 g/mol. The zero-order valence-corrected chi connectivity index (χ0v) is 6.62. The monoisotopic (exact) mass is 161 g/mol. The van der Waals surface area contributed by atoms with Crippen LogP contribution in [0.25, 0.3) is 0 Å². The zero-order valence-electron chi connectivity index (χ0n) is 6.62. The predicted octanol–water partition coefficient (Wildman–Crippen LogP) is 1.55. The fraction of sp³-hybridized carbons (Fsp3) is 0. The molecule has 0 aliphatic heterocycles. The van der Waals surface area contributed by atoms with Crippen molar-refractivity contribution in [2.45, 2.75) is 0 Å². The van der Waals surface area contributed by atoms with Crippen molar-refractivity contribution >= 4 is 11.9 Å². The molecular formula is C9H11N3. The Kier molecular flexibility index (Phi) is 2.90. The number of para-hydroxylation sites is 1. The average molecular weight is 161 g/mol. The molecule has 3 nitrogen and oxygen atoms in total. The molecule has 1 rings (SSSR count). The molecule has 0 spiro atoms. The summed E-state index contributed by atoms with van der Waals surface area (Å²) >= 11 is 0. The lowest BCUT2D eigenvalue weighted by Crippen LogP contribution is -2.08. The van der Waals surface area contributed by atoms with E-state index in [1.54, 1.807) is 0 Å². The van der Waals surface area contributed by atoms with Gasteiger partial charge in [-0.15, -0.1) is 0 Å². The molecule has 0 aliphatic carbocycles. The summed E-state index contributed by atoms with van der Waals surface area (Å²) in [6, 6.07) is 9.58. The Morgan fingerprint density at radius 1 is 1.33 bits per heavy atom. The molecule has 0 amide bonds. The fourth-order valence-corrected chi connectivity index (χ4v) is 0.820.